The van der Waals surface area contributed by atoms with Gasteiger partial charge in [-0.3, -0.25) is 23.3 Å². The Bertz CT molecular complexity index is 1450. The summed E-state index contributed by atoms with van der Waals surface area (Å²) in [6.45, 7) is 2.13. The lowest BCUT2D eigenvalue weighted by Gasteiger charge is -2.14. The smallest absolute Gasteiger partial charge is 0.332 e. The third-order valence-corrected chi connectivity index (χ3v) is 6.03. The van der Waals surface area contributed by atoms with Crippen LogP contribution in [0.5, 0.6) is 0 Å². The maximum absolute atomic E-state index is 13.5. The molecule has 0 saturated carbocycles. The Hall–Kier alpha value is -3.93. The number of thioether (sulfide) groups is 1. The molecule has 0 unspecified atom stereocenters. The zero-order valence-electron chi connectivity index (χ0n) is 18.4. The lowest BCUT2D eigenvalue weighted by atomic mass is 10.2. The van der Waals surface area contributed by atoms with Gasteiger partial charge in [0.1, 0.15) is 17.2 Å². The molecule has 10 nitrogen and oxygen atoms in total. The summed E-state index contributed by atoms with van der Waals surface area (Å²) >= 11 is 1.03. The Morgan fingerprint density at radius 2 is 1.91 bits per heavy atom. The van der Waals surface area contributed by atoms with Crippen molar-refractivity contribution < 1.29 is 13.6 Å². The molecule has 0 saturated heterocycles. The highest BCUT2D eigenvalue weighted by Crippen LogP contribution is 2.29. The standard InChI is InChI=1S/C22H21FN6O4S/c1-3-10-28-18(24)17(20(31)27(2)22(28)32)15(30)12-34-21-26-25-19(16-5-4-11-33-16)29(21)14-8-6-13(23)7-9-14/h4-9,11H,3,10,12,24H2,1-2H3. The number of benzene rings is 1. The molecule has 34 heavy (non-hydrogen) atoms. The summed E-state index contributed by atoms with van der Waals surface area (Å²) in [5.74, 6) is -0.521. The molecule has 2 N–H and O–H groups in total. The van der Waals surface area contributed by atoms with Crippen LogP contribution in [-0.2, 0) is 13.6 Å². The van der Waals surface area contributed by atoms with Gasteiger partial charge in [0.05, 0.1) is 17.7 Å². The van der Waals surface area contributed by atoms with Gasteiger partial charge >= 0.3 is 5.69 Å². The van der Waals surface area contributed by atoms with Crippen LogP contribution in [0.25, 0.3) is 17.3 Å². The predicted octanol–water partition coefficient (Wildman–Crippen LogP) is 2.49. The minimum Gasteiger partial charge on any atom is -0.461 e. The van der Waals surface area contributed by atoms with Crippen LogP contribution < -0.4 is 17.0 Å². The number of rotatable bonds is 8. The molecule has 4 rings (SSSR count). The zero-order valence-corrected chi connectivity index (χ0v) is 19.2. The molecule has 12 heteroatoms. The van der Waals surface area contributed by atoms with E-state index >= 15 is 0 Å². The molecule has 0 amide bonds. The van der Waals surface area contributed by atoms with Gasteiger partial charge in [-0.2, -0.15) is 0 Å². The molecule has 3 heterocycles. The third-order valence-electron chi connectivity index (χ3n) is 5.10. The molecule has 0 radical (unpaired) electrons. The van der Waals surface area contributed by atoms with Crippen molar-refractivity contribution in [2.45, 2.75) is 25.0 Å². The highest BCUT2D eigenvalue weighted by Gasteiger charge is 2.24. The highest BCUT2D eigenvalue weighted by atomic mass is 32.2. The van der Waals surface area contributed by atoms with Gasteiger partial charge in [-0.1, -0.05) is 18.7 Å². The number of Topliss-reactive ketones (excluding diaryl/α,β-unsaturated/α-hetero) is 1. The zero-order chi connectivity index (χ0) is 24.4. The summed E-state index contributed by atoms with van der Waals surface area (Å²) in [7, 11) is 1.31. The Morgan fingerprint density at radius 1 is 1.18 bits per heavy atom. The van der Waals surface area contributed by atoms with Crippen LogP contribution in [0, 0.1) is 5.82 Å². The SMILES string of the molecule is CCCn1c(N)c(C(=O)CSc2nnc(-c3ccco3)n2-c2ccc(F)cc2)c(=O)n(C)c1=O. The predicted molar refractivity (Wildman–Crippen MR) is 125 cm³/mol. The maximum atomic E-state index is 13.5. The van der Waals surface area contributed by atoms with Crippen molar-refractivity contribution in [1.82, 2.24) is 23.9 Å². The van der Waals surface area contributed by atoms with E-state index in [9.17, 15) is 18.8 Å². The Balaban J connectivity index is 1.70. The fourth-order valence-corrected chi connectivity index (χ4v) is 4.26. The molecule has 1 aromatic carbocycles. The monoisotopic (exact) mass is 484 g/mol. The number of carbonyl (C=O) groups excluding carboxylic acids is 1. The fourth-order valence-electron chi connectivity index (χ4n) is 3.44. The van der Waals surface area contributed by atoms with Crippen molar-refractivity contribution >= 4 is 23.4 Å². The van der Waals surface area contributed by atoms with Crippen molar-refractivity contribution in [3.8, 4) is 17.3 Å². The van der Waals surface area contributed by atoms with E-state index in [1.165, 1.54) is 30.0 Å². The summed E-state index contributed by atoms with van der Waals surface area (Å²) in [6, 6.07) is 9.07. The molecule has 0 fully saturated rings. The van der Waals surface area contributed by atoms with Crippen LogP contribution in [-0.4, -0.2) is 35.4 Å². The second-order valence-corrected chi connectivity index (χ2v) is 8.31. The van der Waals surface area contributed by atoms with Gasteiger partial charge < -0.3 is 10.2 Å². The summed E-state index contributed by atoms with van der Waals surface area (Å²) in [6.07, 6.45) is 2.08. The molecule has 0 bridgehead atoms. The molecular weight excluding hydrogens is 463 g/mol. The van der Waals surface area contributed by atoms with Crippen molar-refractivity contribution in [2.75, 3.05) is 11.5 Å². The molecular formula is C22H21FN6O4S. The number of nitrogens with two attached hydrogens (primary N) is 1. The number of furan rings is 1. The highest BCUT2D eigenvalue weighted by molar-refractivity contribution is 7.99. The maximum Gasteiger partial charge on any atom is 0.332 e. The Morgan fingerprint density at radius 3 is 2.56 bits per heavy atom. The van der Waals surface area contributed by atoms with Gasteiger partial charge in [0.2, 0.25) is 5.82 Å². The van der Waals surface area contributed by atoms with E-state index in [0.29, 0.717) is 28.8 Å². The van der Waals surface area contributed by atoms with Crippen LogP contribution in [0.15, 0.2) is 61.8 Å². The van der Waals surface area contributed by atoms with E-state index in [0.717, 1.165) is 16.3 Å². The van der Waals surface area contributed by atoms with Crippen LogP contribution in [0.2, 0.25) is 0 Å². The van der Waals surface area contributed by atoms with Gasteiger partial charge in [0.25, 0.3) is 5.56 Å². The van der Waals surface area contributed by atoms with E-state index in [1.54, 1.807) is 28.8 Å². The molecule has 0 aliphatic rings. The molecule has 0 atom stereocenters. The number of nitrogen functional groups attached to an aromatic ring is 1. The molecule has 0 spiro atoms. The normalized spacial score (nSPS) is 11.1. The average Bonchev–Trinajstić information content (AvgIpc) is 3.50. The number of halogens is 1. The molecule has 4 aromatic rings. The van der Waals surface area contributed by atoms with Crippen molar-refractivity contribution in [2.24, 2.45) is 7.05 Å². The first-order valence-corrected chi connectivity index (χ1v) is 11.3. The van der Waals surface area contributed by atoms with Crippen LogP contribution in [0.4, 0.5) is 10.2 Å². The van der Waals surface area contributed by atoms with Gasteiger partial charge in [0.15, 0.2) is 16.7 Å². The minimum absolute atomic E-state index is 0.156. The van der Waals surface area contributed by atoms with E-state index in [2.05, 4.69) is 10.2 Å². The average molecular weight is 485 g/mol. The Kier molecular flexibility index (Phi) is 6.50. The van der Waals surface area contributed by atoms with Crippen molar-refractivity contribution in [3.63, 3.8) is 0 Å². The van der Waals surface area contributed by atoms with Crippen LogP contribution in [0.1, 0.15) is 23.7 Å². The van der Waals surface area contributed by atoms with Gasteiger partial charge in [0, 0.05) is 13.6 Å². The second kappa shape index (κ2) is 9.51. The molecule has 0 aliphatic carbocycles. The van der Waals surface area contributed by atoms with E-state index in [-0.39, 0.29) is 23.7 Å². The topological polar surface area (TPSA) is 131 Å². The second-order valence-electron chi connectivity index (χ2n) is 7.37. The first-order valence-electron chi connectivity index (χ1n) is 10.3. The number of anilines is 1. The number of hydrogen-bond donors (Lipinski definition) is 1. The quantitative estimate of drug-likeness (QED) is 0.298. The Labute approximate surface area is 196 Å². The molecule has 176 valence electrons. The van der Waals surface area contributed by atoms with E-state index in [4.69, 9.17) is 10.2 Å². The van der Waals surface area contributed by atoms with Gasteiger partial charge in [-0.15, -0.1) is 10.2 Å². The first-order chi connectivity index (χ1) is 16.3. The number of carbonyl (C=O) groups is 1. The van der Waals surface area contributed by atoms with Crippen LogP contribution in [0.3, 0.4) is 0 Å². The number of nitrogens with zero attached hydrogens (tertiary/aromatic N) is 5. The summed E-state index contributed by atoms with van der Waals surface area (Å²) in [5.41, 5.74) is 5.03. The largest absolute Gasteiger partial charge is 0.461 e. The van der Waals surface area contributed by atoms with Crippen LogP contribution >= 0.6 is 11.8 Å². The number of hydrogen-bond acceptors (Lipinski definition) is 8. The van der Waals surface area contributed by atoms with Crippen molar-refractivity contribution in [1.29, 1.82) is 0 Å². The lowest BCUT2D eigenvalue weighted by molar-refractivity contribution is 0.102. The number of aromatic nitrogens is 5. The summed E-state index contributed by atoms with van der Waals surface area (Å²) in [4.78, 5) is 38.1. The first kappa shape index (κ1) is 23.2. The fraction of sp³-hybridized carbons (Fsp3) is 0.227. The van der Waals surface area contributed by atoms with E-state index < -0.39 is 22.8 Å². The van der Waals surface area contributed by atoms with Gasteiger partial charge in [-0.25, -0.2) is 9.18 Å². The molecule has 0 aliphatic heterocycles. The lowest BCUT2D eigenvalue weighted by Crippen LogP contribution is -2.42. The molecule has 3 aromatic heterocycles. The minimum atomic E-state index is -0.753. The van der Waals surface area contributed by atoms with E-state index in [1.807, 2.05) is 6.92 Å². The summed E-state index contributed by atoms with van der Waals surface area (Å²) in [5, 5.41) is 8.65. The van der Waals surface area contributed by atoms with Crippen molar-refractivity contribution in [3.05, 3.63) is 74.9 Å². The third kappa shape index (κ3) is 4.19. The number of ketones is 1. The summed E-state index contributed by atoms with van der Waals surface area (Å²) < 4.78 is 22.6. The van der Waals surface area contributed by atoms with Gasteiger partial charge in [-0.05, 0) is 42.8 Å².